The van der Waals surface area contributed by atoms with Gasteiger partial charge in [-0.05, 0) is 50.5 Å². The van der Waals surface area contributed by atoms with Crippen LogP contribution in [0.3, 0.4) is 0 Å². The second-order valence-corrected chi connectivity index (χ2v) is 10.2. The van der Waals surface area contributed by atoms with Crippen molar-refractivity contribution in [3.63, 3.8) is 0 Å². The zero-order valence-corrected chi connectivity index (χ0v) is 23.8. The molecule has 0 aliphatic carbocycles. The zero-order valence-electron chi connectivity index (χ0n) is 23.8. The molecule has 0 aliphatic heterocycles. The van der Waals surface area contributed by atoms with E-state index >= 15 is 0 Å². The van der Waals surface area contributed by atoms with E-state index in [2.05, 4.69) is 27.7 Å². The predicted octanol–water partition coefficient (Wildman–Crippen LogP) is 9.78. The van der Waals surface area contributed by atoms with Crippen LogP contribution in [0, 0.1) is 0 Å². The quantitative estimate of drug-likeness (QED) is 0.0929. The van der Waals surface area contributed by atoms with E-state index in [1.807, 2.05) is 0 Å². The molecule has 36 heavy (non-hydrogen) atoms. The van der Waals surface area contributed by atoms with E-state index in [0.29, 0.717) is 12.4 Å². The topological polar surface area (TPSA) is 76.0 Å². The highest BCUT2D eigenvalue weighted by molar-refractivity contribution is 5.70. The summed E-state index contributed by atoms with van der Waals surface area (Å²) in [4.78, 5) is 11.6. The Balaban J connectivity index is 3.32. The first-order valence-corrected chi connectivity index (χ1v) is 14.9. The molecule has 0 saturated carbocycles. The molecule has 5 nitrogen and oxygen atoms in total. The maximum absolute atomic E-state index is 11.6. The summed E-state index contributed by atoms with van der Waals surface area (Å²) in [5.74, 6) is 0.430. The molecule has 2 N–H and O–H groups in total. The molecule has 1 aromatic carbocycles. The van der Waals surface area contributed by atoms with Crippen molar-refractivity contribution in [3.05, 3.63) is 16.7 Å². The van der Waals surface area contributed by atoms with Crippen molar-refractivity contribution >= 4 is 6.16 Å². The van der Waals surface area contributed by atoms with Crippen LogP contribution in [0.15, 0.2) is 0 Å². The molecule has 0 bridgehead atoms. The smallest absolute Gasteiger partial charge is 0.504 e. The highest BCUT2D eigenvalue weighted by Crippen LogP contribution is 2.47. The van der Waals surface area contributed by atoms with Crippen molar-refractivity contribution < 1.29 is 24.5 Å². The van der Waals surface area contributed by atoms with Gasteiger partial charge in [0.15, 0.2) is 11.5 Å². The minimum Gasteiger partial charge on any atom is -0.504 e. The Morgan fingerprint density at radius 2 is 1.03 bits per heavy atom. The summed E-state index contributed by atoms with van der Waals surface area (Å²) in [6.07, 6.45) is 18.9. The van der Waals surface area contributed by atoms with Gasteiger partial charge in [-0.1, -0.05) is 105 Å². The van der Waals surface area contributed by atoms with Gasteiger partial charge < -0.3 is 19.7 Å². The first-order chi connectivity index (χ1) is 17.5. The van der Waals surface area contributed by atoms with Crippen LogP contribution < -0.4 is 9.47 Å². The van der Waals surface area contributed by atoms with Crippen LogP contribution in [-0.2, 0) is 19.3 Å². The van der Waals surface area contributed by atoms with Crippen molar-refractivity contribution in [2.24, 2.45) is 0 Å². The lowest BCUT2D eigenvalue weighted by Crippen LogP contribution is -2.12. The van der Waals surface area contributed by atoms with Crippen molar-refractivity contribution in [3.8, 4) is 17.2 Å². The summed E-state index contributed by atoms with van der Waals surface area (Å²) >= 11 is 0. The number of hydrogen-bond donors (Lipinski definition) is 2. The standard InChI is InChI=1S/C31H54O5/c1-5-9-13-14-15-16-20-24-35-29-27(23-19-12-8-4)25(21-17-10-6-2)26(22-18-11-7-3)28(32)30(29)36-31(33)34/h32H,5-24H2,1-4H3,(H,33,34). The van der Waals surface area contributed by atoms with Gasteiger partial charge in [-0.25, -0.2) is 4.79 Å². The van der Waals surface area contributed by atoms with Crippen LogP contribution in [0.4, 0.5) is 4.79 Å². The Hall–Kier alpha value is -1.91. The maximum Gasteiger partial charge on any atom is 0.511 e. The van der Waals surface area contributed by atoms with E-state index in [9.17, 15) is 15.0 Å². The number of ether oxygens (including phenoxy) is 2. The third-order valence-electron chi connectivity index (χ3n) is 6.98. The van der Waals surface area contributed by atoms with Gasteiger partial charge in [-0.2, -0.15) is 0 Å². The highest BCUT2D eigenvalue weighted by Gasteiger charge is 2.27. The van der Waals surface area contributed by atoms with Crippen LogP contribution in [0.2, 0.25) is 0 Å². The second-order valence-electron chi connectivity index (χ2n) is 10.2. The third-order valence-corrected chi connectivity index (χ3v) is 6.98. The van der Waals surface area contributed by atoms with Gasteiger partial charge in [0.05, 0.1) is 6.61 Å². The number of unbranched alkanes of at least 4 members (excludes halogenated alkanes) is 12. The molecule has 0 saturated heterocycles. The summed E-state index contributed by atoms with van der Waals surface area (Å²) in [6, 6.07) is 0. The normalized spacial score (nSPS) is 11.1. The van der Waals surface area contributed by atoms with Gasteiger partial charge in [0.2, 0.25) is 5.75 Å². The Morgan fingerprint density at radius 3 is 1.56 bits per heavy atom. The van der Waals surface area contributed by atoms with E-state index in [1.54, 1.807) is 0 Å². The molecule has 1 rings (SSSR count). The zero-order chi connectivity index (χ0) is 26.6. The molecule has 5 heteroatoms. The number of aromatic hydroxyl groups is 1. The van der Waals surface area contributed by atoms with Crippen LogP contribution in [-0.4, -0.2) is 23.0 Å². The van der Waals surface area contributed by atoms with E-state index < -0.39 is 6.16 Å². The van der Waals surface area contributed by atoms with E-state index in [0.717, 1.165) is 101 Å². The van der Waals surface area contributed by atoms with E-state index in [4.69, 9.17) is 9.47 Å². The molecular formula is C31H54O5. The molecule has 0 aromatic heterocycles. The molecule has 208 valence electrons. The van der Waals surface area contributed by atoms with Crippen molar-refractivity contribution in [1.29, 1.82) is 0 Å². The summed E-state index contributed by atoms with van der Waals surface area (Å²) in [5, 5.41) is 20.8. The number of phenols is 1. The Labute approximate surface area is 221 Å². The van der Waals surface area contributed by atoms with Gasteiger partial charge in [-0.3, -0.25) is 0 Å². The lowest BCUT2D eigenvalue weighted by Gasteiger charge is -2.24. The van der Waals surface area contributed by atoms with Crippen LogP contribution in [0.25, 0.3) is 0 Å². The molecule has 0 unspecified atom stereocenters. The van der Waals surface area contributed by atoms with Crippen LogP contribution in [0.1, 0.15) is 147 Å². The molecule has 0 aliphatic rings. The monoisotopic (exact) mass is 506 g/mol. The minimum atomic E-state index is -1.41. The summed E-state index contributed by atoms with van der Waals surface area (Å²) in [7, 11) is 0. The average molecular weight is 507 g/mol. The average Bonchev–Trinajstić information content (AvgIpc) is 2.85. The molecule has 0 amide bonds. The van der Waals surface area contributed by atoms with E-state index in [-0.39, 0.29) is 11.5 Å². The highest BCUT2D eigenvalue weighted by atomic mass is 16.7. The molecule has 1 aromatic rings. The molecule has 0 spiro atoms. The molecule has 0 radical (unpaired) electrons. The lowest BCUT2D eigenvalue weighted by atomic mass is 9.88. The fourth-order valence-corrected chi connectivity index (χ4v) is 4.90. The molecule has 0 fully saturated rings. The molecular weight excluding hydrogens is 452 g/mol. The van der Waals surface area contributed by atoms with Crippen LogP contribution in [0.5, 0.6) is 17.2 Å². The van der Waals surface area contributed by atoms with Crippen LogP contribution >= 0.6 is 0 Å². The summed E-state index contributed by atoms with van der Waals surface area (Å²) in [5.41, 5.74) is 3.09. The molecule has 0 atom stereocenters. The Kier molecular flexibility index (Phi) is 18.0. The first kappa shape index (κ1) is 32.1. The second kappa shape index (κ2) is 20.2. The fourth-order valence-electron chi connectivity index (χ4n) is 4.90. The summed E-state index contributed by atoms with van der Waals surface area (Å²) in [6.45, 7) is 9.28. The number of phenolic OH excluding ortho intramolecular Hbond substituents is 1. The van der Waals surface area contributed by atoms with Gasteiger partial charge in [0.25, 0.3) is 0 Å². The largest absolute Gasteiger partial charge is 0.511 e. The Morgan fingerprint density at radius 1 is 0.583 bits per heavy atom. The number of benzene rings is 1. The summed E-state index contributed by atoms with van der Waals surface area (Å²) < 4.78 is 11.5. The van der Waals surface area contributed by atoms with Crippen molar-refractivity contribution in [2.75, 3.05) is 6.61 Å². The SMILES string of the molecule is CCCCCCCCCOc1c(CCCCC)c(CCCCC)c(CCCCC)c(O)c1OC(=O)O. The molecule has 0 heterocycles. The Bertz CT molecular complexity index is 728. The van der Waals surface area contributed by atoms with Crippen molar-refractivity contribution in [2.45, 2.75) is 150 Å². The number of hydrogen-bond acceptors (Lipinski definition) is 4. The van der Waals surface area contributed by atoms with E-state index in [1.165, 1.54) is 37.7 Å². The predicted molar refractivity (Wildman–Crippen MR) is 150 cm³/mol. The number of carboxylic acid groups (broad SMARTS) is 1. The number of carbonyl (C=O) groups is 1. The van der Waals surface area contributed by atoms with Gasteiger partial charge >= 0.3 is 6.16 Å². The number of rotatable bonds is 22. The third kappa shape index (κ3) is 11.9. The van der Waals surface area contributed by atoms with Gasteiger partial charge in [-0.15, -0.1) is 0 Å². The fraction of sp³-hybridized carbons (Fsp3) is 0.774. The van der Waals surface area contributed by atoms with Gasteiger partial charge in [0.1, 0.15) is 0 Å². The lowest BCUT2D eigenvalue weighted by molar-refractivity contribution is 0.140. The van der Waals surface area contributed by atoms with Gasteiger partial charge in [0, 0.05) is 11.1 Å². The first-order valence-electron chi connectivity index (χ1n) is 14.9. The minimum absolute atomic E-state index is 0.00249. The maximum atomic E-state index is 11.6. The van der Waals surface area contributed by atoms with Crippen molar-refractivity contribution in [1.82, 2.24) is 0 Å².